The molecular weight excluding hydrogens is 288 g/mol. The van der Waals surface area contributed by atoms with Crippen LogP contribution in [-0.4, -0.2) is 11.5 Å². The summed E-state index contributed by atoms with van der Waals surface area (Å²) in [5, 5.41) is 4.67. The molecular formula is C15H19BrN2. The fourth-order valence-corrected chi connectivity index (χ4v) is 2.36. The Labute approximate surface area is 117 Å². The Morgan fingerprint density at radius 1 is 1.22 bits per heavy atom. The van der Waals surface area contributed by atoms with Gasteiger partial charge in [0.25, 0.3) is 0 Å². The smallest absolute Gasteiger partial charge is 0.0758 e. The SMILES string of the molecule is CC(C)(C)CNCc1ccc(Br)c2cccnc12. The Morgan fingerprint density at radius 2 is 2.00 bits per heavy atom. The molecule has 0 aliphatic heterocycles. The summed E-state index contributed by atoms with van der Waals surface area (Å²) in [6.07, 6.45) is 1.85. The molecule has 2 aromatic rings. The molecule has 2 rings (SSSR count). The van der Waals surface area contributed by atoms with Crippen LogP contribution in [0, 0.1) is 5.41 Å². The number of hydrogen-bond acceptors (Lipinski definition) is 2. The maximum Gasteiger partial charge on any atom is 0.0758 e. The zero-order valence-corrected chi connectivity index (χ0v) is 12.7. The van der Waals surface area contributed by atoms with Gasteiger partial charge in [-0.05, 0) is 23.1 Å². The van der Waals surface area contributed by atoms with Crippen LogP contribution in [-0.2, 0) is 6.54 Å². The van der Waals surface area contributed by atoms with E-state index in [-0.39, 0.29) is 0 Å². The Hall–Kier alpha value is -0.930. The second kappa shape index (κ2) is 5.37. The fourth-order valence-electron chi connectivity index (χ4n) is 1.91. The summed E-state index contributed by atoms with van der Waals surface area (Å²) in [4.78, 5) is 4.49. The first kappa shape index (κ1) is 13.5. The lowest BCUT2D eigenvalue weighted by Gasteiger charge is -2.19. The Bertz CT molecular complexity index is 544. The highest BCUT2D eigenvalue weighted by Gasteiger charge is 2.10. The monoisotopic (exact) mass is 306 g/mol. The quantitative estimate of drug-likeness (QED) is 0.922. The van der Waals surface area contributed by atoms with Crippen LogP contribution in [0.2, 0.25) is 0 Å². The summed E-state index contributed by atoms with van der Waals surface area (Å²) in [7, 11) is 0. The van der Waals surface area contributed by atoms with Crippen LogP contribution in [0.3, 0.4) is 0 Å². The minimum absolute atomic E-state index is 0.304. The van der Waals surface area contributed by atoms with Crippen molar-refractivity contribution < 1.29 is 0 Å². The molecule has 1 aromatic heterocycles. The maximum atomic E-state index is 4.49. The molecule has 1 heterocycles. The number of nitrogens with one attached hydrogen (secondary N) is 1. The lowest BCUT2D eigenvalue weighted by atomic mass is 9.97. The number of aromatic nitrogens is 1. The fraction of sp³-hybridized carbons (Fsp3) is 0.400. The van der Waals surface area contributed by atoms with E-state index in [0.29, 0.717) is 5.41 Å². The molecule has 1 N–H and O–H groups in total. The maximum absolute atomic E-state index is 4.49. The van der Waals surface area contributed by atoms with Crippen molar-refractivity contribution in [2.24, 2.45) is 5.41 Å². The number of pyridine rings is 1. The summed E-state index contributed by atoms with van der Waals surface area (Å²) in [6, 6.07) is 8.30. The second-order valence-electron chi connectivity index (χ2n) is 5.77. The lowest BCUT2D eigenvalue weighted by Crippen LogP contribution is -2.26. The standard InChI is InChI=1S/C15H19BrN2/c1-15(2,3)10-17-9-11-6-7-13(16)12-5-4-8-18-14(11)12/h4-8,17H,9-10H2,1-3H3. The molecule has 0 spiro atoms. The number of hydrogen-bond donors (Lipinski definition) is 1. The van der Waals surface area contributed by atoms with Crippen molar-refractivity contribution in [3.63, 3.8) is 0 Å². The Morgan fingerprint density at radius 3 is 2.72 bits per heavy atom. The zero-order valence-electron chi connectivity index (χ0n) is 11.1. The van der Waals surface area contributed by atoms with Crippen molar-refractivity contribution in [3.05, 3.63) is 40.5 Å². The first-order valence-electron chi connectivity index (χ1n) is 6.20. The first-order valence-corrected chi connectivity index (χ1v) is 6.99. The molecule has 0 unspecified atom stereocenters. The van der Waals surface area contributed by atoms with Gasteiger partial charge < -0.3 is 5.32 Å². The Kier molecular flexibility index (Phi) is 4.03. The highest BCUT2D eigenvalue weighted by atomic mass is 79.9. The molecule has 0 aliphatic rings. The van der Waals surface area contributed by atoms with Crippen molar-refractivity contribution in [1.82, 2.24) is 10.3 Å². The zero-order chi connectivity index (χ0) is 13.2. The van der Waals surface area contributed by atoms with E-state index >= 15 is 0 Å². The number of rotatable bonds is 3. The van der Waals surface area contributed by atoms with E-state index in [0.717, 1.165) is 23.1 Å². The van der Waals surface area contributed by atoms with Gasteiger partial charge in [-0.25, -0.2) is 0 Å². The normalized spacial score (nSPS) is 12.0. The molecule has 3 heteroatoms. The van der Waals surface area contributed by atoms with E-state index in [2.05, 4.69) is 65.2 Å². The number of benzene rings is 1. The van der Waals surface area contributed by atoms with Gasteiger partial charge in [0.2, 0.25) is 0 Å². The molecule has 0 radical (unpaired) electrons. The van der Waals surface area contributed by atoms with Gasteiger partial charge in [0.15, 0.2) is 0 Å². The van der Waals surface area contributed by atoms with Crippen LogP contribution in [0.4, 0.5) is 0 Å². The van der Waals surface area contributed by atoms with Crippen molar-refractivity contribution in [1.29, 1.82) is 0 Å². The molecule has 1 aromatic carbocycles. The van der Waals surface area contributed by atoms with Crippen LogP contribution >= 0.6 is 15.9 Å². The average Bonchev–Trinajstić information content (AvgIpc) is 2.31. The average molecular weight is 307 g/mol. The van der Waals surface area contributed by atoms with Crippen LogP contribution in [0.15, 0.2) is 34.9 Å². The highest BCUT2D eigenvalue weighted by Crippen LogP contribution is 2.25. The first-order chi connectivity index (χ1) is 8.47. The summed E-state index contributed by atoms with van der Waals surface area (Å²) in [5.41, 5.74) is 2.63. The summed E-state index contributed by atoms with van der Waals surface area (Å²) in [6.45, 7) is 8.56. The number of nitrogens with zero attached hydrogens (tertiary/aromatic N) is 1. The predicted octanol–water partition coefficient (Wildman–Crippen LogP) is 4.13. The third kappa shape index (κ3) is 3.30. The summed E-state index contributed by atoms with van der Waals surface area (Å²) in [5.74, 6) is 0. The van der Waals surface area contributed by atoms with E-state index < -0.39 is 0 Å². The number of halogens is 1. The van der Waals surface area contributed by atoms with Crippen molar-refractivity contribution in [2.75, 3.05) is 6.54 Å². The summed E-state index contributed by atoms with van der Waals surface area (Å²) < 4.78 is 1.10. The molecule has 0 saturated heterocycles. The van der Waals surface area contributed by atoms with Gasteiger partial charge in [-0.3, -0.25) is 4.98 Å². The molecule has 0 amide bonds. The third-order valence-corrected chi connectivity index (χ3v) is 3.46. The van der Waals surface area contributed by atoms with E-state index in [1.807, 2.05) is 12.3 Å². The van der Waals surface area contributed by atoms with Crippen LogP contribution in [0.25, 0.3) is 10.9 Å². The predicted molar refractivity (Wildman–Crippen MR) is 80.6 cm³/mol. The van der Waals surface area contributed by atoms with Gasteiger partial charge in [-0.1, -0.05) is 48.8 Å². The molecule has 18 heavy (non-hydrogen) atoms. The van der Waals surface area contributed by atoms with Crippen LogP contribution in [0.5, 0.6) is 0 Å². The highest BCUT2D eigenvalue weighted by molar-refractivity contribution is 9.10. The topological polar surface area (TPSA) is 24.9 Å². The van der Waals surface area contributed by atoms with Gasteiger partial charge in [-0.15, -0.1) is 0 Å². The minimum atomic E-state index is 0.304. The molecule has 2 nitrogen and oxygen atoms in total. The van der Waals surface area contributed by atoms with Gasteiger partial charge >= 0.3 is 0 Å². The van der Waals surface area contributed by atoms with Gasteiger partial charge in [0, 0.05) is 29.1 Å². The molecule has 0 bridgehead atoms. The van der Waals surface area contributed by atoms with Gasteiger partial charge in [0.1, 0.15) is 0 Å². The molecule has 0 saturated carbocycles. The molecule has 0 atom stereocenters. The molecule has 0 aliphatic carbocycles. The lowest BCUT2D eigenvalue weighted by molar-refractivity contribution is 0.379. The third-order valence-electron chi connectivity index (χ3n) is 2.77. The Balaban J connectivity index is 2.21. The van der Waals surface area contributed by atoms with Crippen molar-refractivity contribution in [2.45, 2.75) is 27.3 Å². The van der Waals surface area contributed by atoms with Crippen LogP contribution < -0.4 is 5.32 Å². The summed E-state index contributed by atoms with van der Waals surface area (Å²) >= 11 is 3.57. The van der Waals surface area contributed by atoms with Crippen molar-refractivity contribution >= 4 is 26.8 Å². The largest absolute Gasteiger partial charge is 0.312 e. The minimum Gasteiger partial charge on any atom is -0.312 e. The van der Waals surface area contributed by atoms with Gasteiger partial charge in [-0.2, -0.15) is 0 Å². The van der Waals surface area contributed by atoms with E-state index in [1.165, 1.54) is 10.9 Å². The van der Waals surface area contributed by atoms with E-state index in [9.17, 15) is 0 Å². The molecule has 0 fully saturated rings. The molecule has 96 valence electrons. The van der Waals surface area contributed by atoms with Gasteiger partial charge in [0.05, 0.1) is 5.52 Å². The van der Waals surface area contributed by atoms with Crippen LogP contribution in [0.1, 0.15) is 26.3 Å². The van der Waals surface area contributed by atoms with E-state index in [4.69, 9.17) is 0 Å². The number of fused-ring (bicyclic) bond motifs is 1. The van der Waals surface area contributed by atoms with Crippen molar-refractivity contribution in [3.8, 4) is 0 Å². The van der Waals surface area contributed by atoms with E-state index in [1.54, 1.807) is 0 Å². The second-order valence-corrected chi connectivity index (χ2v) is 6.62.